The van der Waals surface area contributed by atoms with E-state index in [2.05, 4.69) is 30.4 Å². The van der Waals surface area contributed by atoms with E-state index >= 15 is 0 Å². The third-order valence-electron chi connectivity index (χ3n) is 5.11. The van der Waals surface area contributed by atoms with Gasteiger partial charge < -0.3 is 14.8 Å². The fraction of sp³-hybridized carbons (Fsp3) is 0.667. The molecule has 0 radical (unpaired) electrons. The smallest absolute Gasteiger partial charge is 0.119 e. The molecular formula is C18H27NO2. The van der Waals surface area contributed by atoms with Crippen LogP contribution in [0.15, 0.2) is 18.2 Å². The van der Waals surface area contributed by atoms with Crippen LogP contribution in [-0.2, 0) is 17.6 Å². The van der Waals surface area contributed by atoms with Gasteiger partial charge in [-0.2, -0.15) is 0 Å². The van der Waals surface area contributed by atoms with Gasteiger partial charge >= 0.3 is 0 Å². The van der Waals surface area contributed by atoms with Gasteiger partial charge in [-0.3, -0.25) is 0 Å². The van der Waals surface area contributed by atoms with Crippen LogP contribution in [0.3, 0.4) is 0 Å². The molecule has 0 bridgehead atoms. The van der Waals surface area contributed by atoms with Crippen LogP contribution in [-0.4, -0.2) is 32.4 Å². The fourth-order valence-electron chi connectivity index (χ4n) is 3.73. The second-order valence-electron chi connectivity index (χ2n) is 6.48. The first-order chi connectivity index (χ1) is 10.3. The van der Waals surface area contributed by atoms with Gasteiger partial charge in [-0.05, 0) is 68.2 Å². The molecule has 2 atom stereocenters. The van der Waals surface area contributed by atoms with Crippen molar-refractivity contribution in [2.45, 2.75) is 51.1 Å². The van der Waals surface area contributed by atoms with Crippen LogP contribution in [0.4, 0.5) is 0 Å². The molecule has 0 aromatic heterocycles. The van der Waals surface area contributed by atoms with Crippen LogP contribution in [0.1, 0.15) is 37.3 Å². The van der Waals surface area contributed by atoms with Gasteiger partial charge in [0.2, 0.25) is 0 Å². The fourth-order valence-corrected chi connectivity index (χ4v) is 3.73. The van der Waals surface area contributed by atoms with Gasteiger partial charge in [-0.25, -0.2) is 0 Å². The molecule has 1 aromatic rings. The molecule has 0 amide bonds. The highest BCUT2D eigenvalue weighted by atomic mass is 16.5. The number of rotatable bonds is 4. The zero-order valence-electron chi connectivity index (χ0n) is 13.2. The summed E-state index contributed by atoms with van der Waals surface area (Å²) in [4.78, 5) is 0. The molecule has 2 aliphatic rings. The minimum Gasteiger partial charge on any atom is -0.497 e. The molecule has 1 aromatic carbocycles. The number of nitrogens with one attached hydrogen (secondary N) is 1. The van der Waals surface area contributed by atoms with E-state index in [0.717, 1.165) is 31.3 Å². The first-order valence-corrected chi connectivity index (χ1v) is 8.26. The molecule has 1 saturated heterocycles. The highest BCUT2D eigenvalue weighted by Crippen LogP contribution is 2.27. The largest absolute Gasteiger partial charge is 0.497 e. The normalized spacial score (nSPS) is 24.4. The first kappa shape index (κ1) is 14.9. The predicted octanol–water partition coefficient (Wildman–Crippen LogP) is 2.96. The van der Waals surface area contributed by atoms with Crippen LogP contribution >= 0.6 is 0 Å². The zero-order valence-corrected chi connectivity index (χ0v) is 13.2. The van der Waals surface area contributed by atoms with E-state index in [-0.39, 0.29) is 0 Å². The monoisotopic (exact) mass is 289 g/mol. The maximum absolute atomic E-state index is 5.47. The van der Waals surface area contributed by atoms with E-state index in [1.165, 1.54) is 36.8 Å². The molecule has 1 aliphatic heterocycles. The predicted molar refractivity (Wildman–Crippen MR) is 84.9 cm³/mol. The van der Waals surface area contributed by atoms with E-state index in [4.69, 9.17) is 9.47 Å². The van der Waals surface area contributed by atoms with E-state index in [0.29, 0.717) is 12.1 Å². The first-order valence-electron chi connectivity index (χ1n) is 8.26. The Morgan fingerprint density at radius 2 is 2.00 bits per heavy atom. The van der Waals surface area contributed by atoms with Crippen molar-refractivity contribution in [1.29, 1.82) is 0 Å². The highest BCUT2D eigenvalue weighted by molar-refractivity contribution is 5.37. The molecule has 3 rings (SSSR count). The summed E-state index contributed by atoms with van der Waals surface area (Å²) in [6.45, 7) is 4.21. The van der Waals surface area contributed by atoms with Crippen LogP contribution in [0, 0.1) is 5.92 Å². The minimum absolute atomic E-state index is 0.589. The van der Waals surface area contributed by atoms with Crippen molar-refractivity contribution in [2.24, 2.45) is 5.92 Å². The molecule has 1 fully saturated rings. The summed E-state index contributed by atoms with van der Waals surface area (Å²) < 4.78 is 10.8. The van der Waals surface area contributed by atoms with Crippen molar-refractivity contribution in [1.82, 2.24) is 5.32 Å². The highest BCUT2D eigenvalue weighted by Gasteiger charge is 2.25. The van der Waals surface area contributed by atoms with Crippen molar-refractivity contribution in [3.63, 3.8) is 0 Å². The molecule has 1 aliphatic carbocycles. The average Bonchev–Trinajstić information content (AvgIpc) is 2.55. The lowest BCUT2D eigenvalue weighted by atomic mass is 9.86. The number of ether oxygens (including phenoxy) is 2. The SMILES string of the molecule is COc1ccc2c(c1)CC(NC(C)C1CCOCC1)CC2. The average molecular weight is 289 g/mol. The standard InChI is InChI=1S/C18H27NO2/c1-13(14-7-9-21-10-8-14)19-17-5-3-15-4-6-18(20-2)12-16(15)11-17/h4,6,12-14,17,19H,3,5,7-11H2,1-2H3. The Morgan fingerprint density at radius 1 is 1.19 bits per heavy atom. The number of aryl methyl sites for hydroxylation is 1. The quantitative estimate of drug-likeness (QED) is 0.924. The molecular weight excluding hydrogens is 262 g/mol. The number of hydrogen-bond acceptors (Lipinski definition) is 3. The molecule has 1 N–H and O–H groups in total. The van der Waals surface area contributed by atoms with Crippen LogP contribution in [0.5, 0.6) is 5.75 Å². The molecule has 0 spiro atoms. The van der Waals surface area contributed by atoms with Gasteiger partial charge in [0.1, 0.15) is 5.75 Å². The third-order valence-corrected chi connectivity index (χ3v) is 5.11. The van der Waals surface area contributed by atoms with Crippen molar-refractivity contribution in [2.75, 3.05) is 20.3 Å². The van der Waals surface area contributed by atoms with Crippen LogP contribution < -0.4 is 10.1 Å². The summed E-state index contributed by atoms with van der Waals surface area (Å²) in [6, 6.07) is 7.71. The number of fused-ring (bicyclic) bond motifs is 1. The topological polar surface area (TPSA) is 30.5 Å². The summed E-state index contributed by atoms with van der Waals surface area (Å²) in [5, 5.41) is 3.87. The lowest BCUT2D eigenvalue weighted by molar-refractivity contribution is 0.0541. The van der Waals surface area contributed by atoms with E-state index < -0.39 is 0 Å². The second-order valence-corrected chi connectivity index (χ2v) is 6.48. The molecule has 3 nitrogen and oxygen atoms in total. The van der Waals surface area contributed by atoms with Gasteiger partial charge in [-0.15, -0.1) is 0 Å². The Labute approximate surface area is 128 Å². The van der Waals surface area contributed by atoms with Gasteiger partial charge in [-0.1, -0.05) is 6.07 Å². The molecule has 116 valence electrons. The number of hydrogen-bond donors (Lipinski definition) is 1. The van der Waals surface area contributed by atoms with Gasteiger partial charge in [0, 0.05) is 25.3 Å². The van der Waals surface area contributed by atoms with E-state index in [9.17, 15) is 0 Å². The molecule has 2 unspecified atom stereocenters. The zero-order chi connectivity index (χ0) is 14.7. The number of benzene rings is 1. The van der Waals surface area contributed by atoms with Gasteiger partial charge in [0.05, 0.1) is 7.11 Å². The van der Waals surface area contributed by atoms with E-state index in [1.54, 1.807) is 7.11 Å². The summed E-state index contributed by atoms with van der Waals surface area (Å²) >= 11 is 0. The lowest BCUT2D eigenvalue weighted by Gasteiger charge is -2.34. The van der Waals surface area contributed by atoms with Gasteiger partial charge in [0.25, 0.3) is 0 Å². The Bertz CT molecular complexity index is 468. The molecule has 21 heavy (non-hydrogen) atoms. The molecule has 0 saturated carbocycles. The second kappa shape index (κ2) is 6.80. The van der Waals surface area contributed by atoms with Crippen molar-refractivity contribution in [3.05, 3.63) is 29.3 Å². The van der Waals surface area contributed by atoms with Gasteiger partial charge in [0.15, 0.2) is 0 Å². The van der Waals surface area contributed by atoms with Crippen molar-refractivity contribution >= 4 is 0 Å². The summed E-state index contributed by atoms with van der Waals surface area (Å²) in [6.07, 6.45) is 5.95. The Hall–Kier alpha value is -1.06. The summed E-state index contributed by atoms with van der Waals surface area (Å²) in [7, 11) is 1.74. The Morgan fingerprint density at radius 3 is 2.76 bits per heavy atom. The maximum atomic E-state index is 5.47. The molecule has 3 heteroatoms. The van der Waals surface area contributed by atoms with Crippen LogP contribution in [0.2, 0.25) is 0 Å². The Kier molecular flexibility index (Phi) is 4.81. The summed E-state index contributed by atoms with van der Waals surface area (Å²) in [5.41, 5.74) is 2.95. The third kappa shape index (κ3) is 3.58. The maximum Gasteiger partial charge on any atom is 0.119 e. The minimum atomic E-state index is 0.589. The van der Waals surface area contributed by atoms with E-state index in [1.807, 2.05) is 0 Å². The number of methoxy groups -OCH3 is 1. The van der Waals surface area contributed by atoms with Crippen molar-refractivity contribution < 1.29 is 9.47 Å². The van der Waals surface area contributed by atoms with Crippen LogP contribution in [0.25, 0.3) is 0 Å². The Balaban J connectivity index is 1.60. The lowest BCUT2D eigenvalue weighted by Crippen LogP contribution is -2.45. The van der Waals surface area contributed by atoms with Crippen molar-refractivity contribution in [3.8, 4) is 5.75 Å². The molecule has 1 heterocycles. The summed E-state index contributed by atoms with van der Waals surface area (Å²) in [5.74, 6) is 1.75.